The minimum Gasteiger partial charge on any atom is -0.462 e. The van der Waals surface area contributed by atoms with Crippen LogP contribution in [0.15, 0.2) is 0 Å². The largest absolute Gasteiger partial charge is 0.472 e. The molecule has 0 saturated heterocycles. The summed E-state index contributed by atoms with van der Waals surface area (Å²) in [5.74, 6) is 0.931. The van der Waals surface area contributed by atoms with Gasteiger partial charge in [-0.2, -0.15) is 0 Å². The van der Waals surface area contributed by atoms with Crippen molar-refractivity contribution in [1.82, 2.24) is 0 Å². The standard InChI is InChI=1S/C75H146O17P2/c1-9-68(8)54-46-38-33-34-40-48-56-73(78)86-62-71(92-75(80)58-50-42-32-26-20-14-17-23-29-37-45-53-67(6)7)64-90-94(83,84)88-60-69(76)59-87-93(81,82)89-63-70(61-85-72(77)55-47-39-30-24-19-13-16-22-28-36-44-52-66(4)5)91-74(79)57-49-41-31-25-18-12-10-11-15-21-27-35-43-51-65(2)3/h65-71,76H,9-64H2,1-8H3,(H,81,82)(H,83,84)/t68?,69-,70-,71-/m1/s1. The molecule has 0 aromatic heterocycles. The lowest BCUT2D eigenvalue weighted by molar-refractivity contribution is -0.161. The molecule has 0 heterocycles. The summed E-state index contributed by atoms with van der Waals surface area (Å²) in [7, 11) is -9.91. The summed E-state index contributed by atoms with van der Waals surface area (Å²) in [5, 5.41) is 10.6. The SMILES string of the molecule is CCC(C)CCCCCCCCC(=O)OC[C@H](COP(=O)(O)OC[C@H](O)COP(=O)(O)OC[C@@H](COC(=O)CCCCCCCCCCCCCC(C)C)OC(=O)CCCCCCCCCCCCCCCC(C)C)OC(=O)CCCCCCCCCCCCCC(C)C. The summed E-state index contributed by atoms with van der Waals surface area (Å²) in [6, 6.07) is 0. The van der Waals surface area contributed by atoms with Gasteiger partial charge >= 0.3 is 39.5 Å². The van der Waals surface area contributed by atoms with Crippen molar-refractivity contribution in [3.8, 4) is 0 Å². The molecule has 0 saturated carbocycles. The molecule has 0 rings (SSSR count). The zero-order valence-corrected chi connectivity index (χ0v) is 63.4. The Balaban J connectivity index is 5.27. The number of rotatable bonds is 72. The van der Waals surface area contributed by atoms with Gasteiger partial charge in [-0.1, -0.05) is 325 Å². The van der Waals surface area contributed by atoms with Crippen LogP contribution in [0.4, 0.5) is 0 Å². The smallest absolute Gasteiger partial charge is 0.462 e. The molecule has 0 radical (unpaired) electrons. The second kappa shape index (κ2) is 64.4. The third kappa shape index (κ3) is 67.3. The molecule has 6 atom stereocenters. The number of carbonyl (C=O) groups is 4. The van der Waals surface area contributed by atoms with Crippen LogP contribution in [-0.2, 0) is 65.4 Å². The number of aliphatic hydroxyl groups is 1. The van der Waals surface area contributed by atoms with E-state index in [4.69, 9.17) is 37.0 Å². The van der Waals surface area contributed by atoms with Gasteiger partial charge in [0, 0.05) is 25.7 Å². The molecule has 94 heavy (non-hydrogen) atoms. The predicted molar refractivity (Wildman–Crippen MR) is 381 cm³/mol. The average Bonchev–Trinajstić information content (AvgIpc) is 1.26. The van der Waals surface area contributed by atoms with E-state index in [9.17, 15) is 43.2 Å². The third-order valence-electron chi connectivity index (χ3n) is 17.7. The maximum atomic E-state index is 13.1. The molecule has 3 unspecified atom stereocenters. The summed E-state index contributed by atoms with van der Waals surface area (Å²) in [5.41, 5.74) is 0. The zero-order chi connectivity index (χ0) is 69.6. The van der Waals surface area contributed by atoms with Gasteiger partial charge in [0.2, 0.25) is 0 Å². The van der Waals surface area contributed by atoms with Crippen LogP contribution in [0, 0.1) is 23.7 Å². The minimum absolute atomic E-state index is 0.105. The number of hydrogen-bond acceptors (Lipinski definition) is 15. The number of unbranched alkanes of at least 4 members (excludes halogenated alkanes) is 37. The molecule has 19 heteroatoms. The molecule has 0 spiro atoms. The van der Waals surface area contributed by atoms with Gasteiger partial charge in [0.15, 0.2) is 12.2 Å². The van der Waals surface area contributed by atoms with Gasteiger partial charge in [-0.15, -0.1) is 0 Å². The van der Waals surface area contributed by atoms with E-state index in [0.717, 1.165) is 120 Å². The van der Waals surface area contributed by atoms with Crippen LogP contribution in [0.5, 0.6) is 0 Å². The normalized spacial score (nSPS) is 14.4. The van der Waals surface area contributed by atoms with Crippen LogP contribution >= 0.6 is 15.6 Å². The molecule has 17 nitrogen and oxygen atoms in total. The van der Waals surface area contributed by atoms with Gasteiger partial charge < -0.3 is 33.8 Å². The highest BCUT2D eigenvalue weighted by Crippen LogP contribution is 2.45. The van der Waals surface area contributed by atoms with Crippen LogP contribution in [0.2, 0.25) is 0 Å². The van der Waals surface area contributed by atoms with Gasteiger partial charge in [0.1, 0.15) is 19.3 Å². The van der Waals surface area contributed by atoms with Crippen LogP contribution in [0.1, 0.15) is 376 Å². The molecular weight excluding hydrogens is 1230 g/mol. The number of phosphoric acid groups is 2. The Morgan fingerprint density at radius 2 is 0.511 bits per heavy atom. The highest BCUT2D eigenvalue weighted by Gasteiger charge is 2.30. The molecule has 3 N–H and O–H groups in total. The quantitative estimate of drug-likeness (QED) is 0.0222. The van der Waals surface area contributed by atoms with E-state index in [0.29, 0.717) is 25.7 Å². The number of esters is 4. The van der Waals surface area contributed by atoms with Gasteiger partial charge in [-0.25, -0.2) is 9.13 Å². The molecule has 0 bridgehead atoms. The first-order valence-corrected chi connectivity index (χ1v) is 41.7. The van der Waals surface area contributed by atoms with Crippen molar-refractivity contribution >= 4 is 39.5 Å². The van der Waals surface area contributed by atoms with E-state index in [-0.39, 0.29) is 25.7 Å². The van der Waals surface area contributed by atoms with E-state index in [2.05, 4.69) is 55.4 Å². The van der Waals surface area contributed by atoms with E-state index in [1.165, 1.54) is 173 Å². The van der Waals surface area contributed by atoms with Crippen LogP contribution < -0.4 is 0 Å². The molecule has 0 aromatic carbocycles. The first-order chi connectivity index (χ1) is 45.1. The Morgan fingerprint density at radius 1 is 0.298 bits per heavy atom. The number of ether oxygens (including phenoxy) is 4. The topological polar surface area (TPSA) is 237 Å². The number of hydrogen-bond donors (Lipinski definition) is 3. The van der Waals surface area contributed by atoms with Crippen LogP contribution in [-0.4, -0.2) is 96.7 Å². The van der Waals surface area contributed by atoms with Gasteiger partial charge in [0.05, 0.1) is 26.4 Å². The molecule has 0 aromatic rings. The van der Waals surface area contributed by atoms with Crippen molar-refractivity contribution in [1.29, 1.82) is 0 Å². The Labute approximate surface area is 575 Å². The fraction of sp³-hybridized carbons (Fsp3) is 0.947. The molecule has 0 aliphatic heterocycles. The monoisotopic (exact) mass is 1380 g/mol. The van der Waals surface area contributed by atoms with E-state index >= 15 is 0 Å². The lowest BCUT2D eigenvalue weighted by atomic mass is 10.00. The molecule has 0 aliphatic rings. The maximum absolute atomic E-state index is 13.1. The van der Waals surface area contributed by atoms with E-state index < -0.39 is 97.5 Å². The highest BCUT2D eigenvalue weighted by atomic mass is 31.2. The van der Waals surface area contributed by atoms with Gasteiger partial charge in [-0.05, 0) is 49.4 Å². The minimum atomic E-state index is -4.96. The van der Waals surface area contributed by atoms with E-state index in [1.807, 2.05) is 0 Å². The molecular formula is C75H146O17P2. The average molecular weight is 1380 g/mol. The number of aliphatic hydroxyl groups excluding tert-OH is 1. The van der Waals surface area contributed by atoms with Gasteiger partial charge in [-0.3, -0.25) is 37.3 Å². The summed E-state index contributed by atoms with van der Waals surface area (Å²) < 4.78 is 68.5. The fourth-order valence-corrected chi connectivity index (χ4v) is 12.9. The Bertz CT molecular complexity index is 1850. The van der Waals surface area contributed by atoms with Crippen molar-refractivity contribution in [3.05, 3.63) is 0 Å². The summed E-state index contributed by atoms with van der Waals surface area (Å²) in [4.78, 5) is 72.8. The van der Waals surface area contributed by atoms with Crippen molar-refractivity contribution < 1.29 is 80.2 Å². The number of phosphoric ester groups is 2. The van der Waals surface area contributed by atoms with E-state index in [1.54, 1.807) is 0 Å². The predicted octanol–water partition coefficient (Wildman–Crippen LogP) is 21.7. The van der Waals surface area contributed by atoms with Crippen molar-refractivity contribution in [3.63, 3.8) is 0 Å². The molecule has 558 valence electrons. The van der Waals surface area contributed by atoms with Crippen LogP contribution in [0.25, 0.3) is 0 Å². The summed E-state index contributed by atoms with van der Waals surface area (Å²) in [6.07, 6.45) is 48.5. The fourth-order valence-electron chi connectivity index (χ4n) is 11.3. The van der Waals surface area contributed by atoms with Crippen molar-refractivity contribution in [2.24, 2.45) is 23.7 Å². The molecule has 0 aliphatic carbocycles. The lowest BCUT2D eigenvalue weighted by Crippen LogP contribution is -2.30. The van der Waals surface area contributed by atoms with Crippen LogP contribution in [0.3, 0.4) is 0 Å². The Morgan fingerprint density at radius 3 is 0.755 bits per heavy atom. The molecule has 0 fully saturated rings. The summed E-state index contributed by atoms with van der Waals surface area (Å²) >= 11 is 0. The van der Waals surface area contributed by atoms with Crippen molar-refractivity contribution in [2.75, 3.05) is 39.6 Å². The zero-order valence-electron chi connectivity index (χ0n) is 61.6. The Kier molecular flexibility index (Phi) is 63.1. The van der Waals surface area contributed by atoms with Crippen molar-refractivity contribution in [2.45, 2.75) is 395 Å². The molecule has 0 amide bonds. The second-order valence-corrected chi connectivity index (χ2v) is 31.6. The lowest BCUT2D eigenvalue weighted by Gasteiger charge is -2.21. The Hall–Kier alpha value is -1.94. The maximum Gasteiger partial charge on any atom is 0.472 e. The summed E-state index contributed by atoms with van der Waals surface area (Å²) in [6.45, 7) is 14.2. The first kappa shape index (κ1) is 92.1. The number of carbonyl (C=O) groups excluding carboxylic acids is 4. The first-order valence-electron chi connectivity index (χ1n) is 38.7. The highest BCUT2D eigenvalue weighted by molar-refractivity contribution is 7.47. The third-order valence-corrected chi connectivity index (χ3v) is 19.6. The second-order valence-electron chi connectivity index (χ2n) is 28.7. The van der Waals surface area contributed by atoms with Gasteiger partial charge in [0.25, 0.3) is 0 Å².